The van der Waals surface area contributed by atoms with Crippen LogP contribution in [-0.2, 0) is 51.8 Å². The van der Waals surface area contributed by atoms with E-state index in [9.17, 15) is 36.3 Å². The highest BCUT2D eigenvalue weighted by molar-refractivity contribution is 7.88. The highest BCUT2D eigenvalue weighted by atomic mass is 32.2. The van der Waals surface area contributed by atoms with Crippen molar-refractivity contribution in [3.63, 3.8) is 0 Å². The summed E-state index contributed by atoms with van der Waals surface area (Å²) in [6.07, 6.45) is -0.565. The maximum absolute atomic E-state index is 13.6. The molecule has 1 amide bonds. The molecule has 4 rings (SSSR count). The zero-order valence-electron chi connectivity index (χ0n) is 27.2. The third kappa shape index (κ3) is 10.6. The number of nitrogens with zero attached hydrogens (tertiary/aromatic N) is 4. The number of hydrogen-bond acceptors (Lipinski definition) is 8. The normalized spacial score (nSPS) is 17.3. The van der Waals surface area contributed by atoms with Crippen molar-refractivity contribution in [2.45, 2.75) is 84.4 Å². The van der Waals surface area contributed by atoms with E-state index < -0.39 is 27.9 Å². The zero-order valence-corrected chi connectivity index (χ0v) is 28.0. The Labute approximate surface area is 269 Å². The van der Waals surface area contributed by atoms with E-state index in [1.165, 1.54) is 23.4 Å². The molecular formula is C31H47F3N6O5S. The van der Waals surface area contributed by atoms with Gasteiger partial charge in [0.2, 0.25) is 15.9 Å². The highest BCUT2D eigenvalue weighted by Gasteiger charge is 2.35. The van der Waals surface area contributed by atoms with Gasteiger partial charge in [-0.2, -0.15) is 22.6 Å². The number of benzene rings is 1. The third-order valence-electron chi connectivity index (χ3n) is 8.03. The minimum Gasteiger partial charge on any atom is -0.390 e. The van der Waals surface area contributed by atoms with E-state index in [4.69, 9.17) is 5.10 Å². The summed E-state index contributed by atoms with van der Waals surface area (Å²) in [5, 5.41) is 21.4. The van der Waals surface area contributed by atoms with Gasteiger partial charge in [-0.1, -0.05) is 19.9 Å². The van der Waals surface area contributed by atoms with E-state index in [1.54, 1.807) is 11.7 Å². The van der Waals surface area contributed by atoms with E-state index in [0.29, 0.717) is 42.1 Å². The lowest BCUT2D eigenvalue weighted by Gasteiger charge is -2.33. The molecule has 258 valence electrons. The number of amides is 1. The minimum atomic E-state index is -4.52. The number of rotatable bonds is 11. The van der Waals surface area contributed by atoms with Crippen LogP contribution in [0.3, 0.4) is 0 Å². The molecule has 1 aromatic heterocycles. The van der Waals surface area contributed by atoms with Crippen LogP contribution in [0.1, 0.15) is 62.4 Å². The number of fused-ring (bicyclic) bond motifs is 1. The van der Waals surface area contributed by atoms with E-state index in [0.717, 1.165) is 50.2 Å². The summed E-state index contributed by atoms with van der Waals surface area (Å²) < 4.78 is 68.5. The van der Waals surface area contributed by atoms with Gasteiger partial charge in [0, 0.05) is 81.9 Å². The summed E-state index contributed by atoms with van der Waals surface area (Å²) in [7, 11) is -1.93. The van der Waals surface area contributed by atoms with Crippen molar-refractivity contribution in [2.24, 2.45) is 5.92 Å². The third-order valence-corrected chi connectivity index (χ3v) is 9.28. The molecule has 11 nitrogen and oxygen atoms in total. The Morgan fingerprint density at radius 3 is 2.37 bits per heavy atom. The van der Waals surface area contributed by atoms with Crippen LogP contribution in [0.5, 0.6) is 0 Å². The fourth-order valence-corrected chi connectivity index (χ4v) is 6.57. The Hall–Kier alpha value is -2.85. The van der Waals surface area contributed by atoms with Gasteiger partial charge in [-0.15, -0.1) is 0 Å². The van der Waals surface area contributed by atoms with Crippen LogP contribution in [0.15, 0.2) is 18.2 Å². The molecule has 46 heavy (non-hydrogen) atoms. The van der Waals surface area contributed by atoms with E-state index in [-0.39, 0.29) is 43.7 Å². The summed E-state index contributed by atoms with van der Waals surface area (Å²) in [6.45, 7) is 7.87. The zero-order chi connectivity index (χ0) is 34.2. The summed E-state index contributed by atoms with van der Waals surface area (Å²) in [5.74, 6) is 0.473. The number of aromatic nitrogens is 2. The van der Waals surface area contributed by atoms with Gasteiger partial charge < -0.3 is 25.4 Å². The first-order valence-corrected chi connectivity index (χ1v) is 17.4. The number of carbonyl (C=O) groups excluding carboxylic acids is 2. The van der Waals surface area contributed by atoms with Gasteiger partial charge >= 0.3 is 6.18 Å². The number of aldehydes is 1. The number of likely N-dealkylation sites (tertiary alicyclic amines) is 1. The molecule has 0 aliphatic carbocycles. The Bertz CT molecular complexity index is 1440. The van der Waals surface area contributed by atoms with Crippen molar-refractivity contribution in [3.05, 3.63) is 40.6 Å². The Balaban J connectivity index is 0.000000875. The van der Waals surface area contributed by atoms with Crippen LogP contribution >= 0.6 is 0 Å². The molecule has 1 unspecified atom stereocenters. The van der Waals surface area contributed by atoms with Gasteiger partial charge in [-0.25, -0.2) is 8.42 Å². The maximum Gasteiger partial charge on any atom is 0.416 e. The number of aliphatic hydroxyl groups excluding tert-OH is 1. The lowest BCUT2D eigenvalue weighted by atomic mass is 9.97. The minimum absolute atomic E-state index is 0.00160. The molecule has 0 radical (unpaired) electrons. The van der Waals surface area contributed by atoms with E-state index >= 15 is 0 Å². The second-order valence-electron chi connectivity index (χ2n) is 12.4. The van der Waals surface area contributed by atoms with Gasteiger partial charge in [0.05, 0.1) is 30.2 Å². The number of aliphatic hydroxyl groups is 1. The van der Waals surface area contributed by atoms with Gasteiger partial charge in [-0.05, 0) is 43.5 Å². The monoisotopic (exact) mass is 672 g/mol. The highest BCUT2D eigenvalue weighted by Crippen LogP contribution is 2.36. The van der Waals surface area contributed by atoms with Crippen LogP contribution in [0.2, 0.25) is 0 Å². The molecule has 3 heterocycles. The molecule has 1 saturated heterocycles. The van der Waals surface area contributed by atoms with Crippen LogP contribution in [0.4, 0.5) is 13.2 Å². The molecule has 2 aliphatic heterocycles. The number of alkyl halides is 3. The summed E-state index contributed by atoms with van der Waals surface area (Å²) in [4.78, 5) is 23.1. The molecule has 3 N–H and O–H groups in total. The number of piperidine rings is 1. The van der Waals surface area contributed by atoms with Crippen LogP contribution < -0.4 is 10.6 Å². The lowest BCUT2D eigenvalue weighted by molar-refractivity contribution is -0.138. The van der Waals surface area contributed by atoms with Crippen LogP contribution in [0.25, 0.3) is 11.3 Å². The first kappa shape index (κ1) is 37.6. The number of hydrogen-bond donors (Lipinski definition) is 3. The molecule has 1 fully saturated rings. The van der Waals surface area contributed by atoms with Crippen molar-refractivity contribution < 1.29 is 36.3 Å². The van der Waals surface area contributed by atoms with E-state index in [2.05, 4.69) is 15.5 Å². The molecular weight excluding hydrogens is 625 g/mol. The predicted molar refractivity (Wildman–Crippen MR) is 169 cm³/mol. The molecule has 0 bridgehead atoms. The average Bonchev–Trinajstić information content (AvgIpc) is 3.30. The number of nitrogens with one attached hydrogen (secondary N) is 2. The quantitative estimate of drug-likeness (QED) is 0.310. The average molecular weight is 673 g/mol. The molecule has 0 spiro atoms. The number of carbonyl (C=O) groups is 2. The van der Waals surface area contributed by atoms with Crippen molar-refractivity contribution >= 4 is 22.2 Å². The largest absolute Gasteiger partial charge is 0.416 e. The Morgan fingerprint density at radius 2 is 1.85 bits per heavy atom. The lowest BCUT2D eigenvalue weighted by Crippen LogP contribution is -2.46. The SMILES string of the molecule is CC(C)CC=O.CNCc1cc(-c2nn(CC(O)CN3CCC(NC(C)=O)CC3)c3c2CN(S(C)(=O)=O)CC3)ccc1C(F)(F)F. The van der Waals surface area contributed by atoms with E-state index in [1.807, 2.05) is 13.8 Å². The second-order valence-corrected chi connectivity index (χ2v) is 14.4. The molecule has 15 heteroatoms. The molecule has 2 aliphatic rings. The Kier molecular flexibility index (Phi) is 13.3. The number of β-amino-alcohol motifs (C(OH)–C–C–N with tert-alkyl or cyclic N) is 1. The van der Waals surface area contributed by atoms with Crippen molar-refractivity contribution in [2.75, 3.05) is 39.5 Å². The number of sulfonamides is 1. The smallest absolute Gasteiger partial charge is 0.390 e. The molecule has 2 aromatic rings. The molecule has 0 saturated carbocycles. The van der Waals surface area contributed by atoms with Crippen LogP contribution in [0, 0.1) is 5.92 Å². The van der Waals surface area contributed by atoms with Crippen molar-refractivity contribution in [3.8, 4) is 11.3 Å². The fourth-order valence-electron chi connectivity index (χ4n) is 5.78. The predicted octanol–water partition coefficient (Wildman–Crippen LogP) is 2.80. The molecule has 1 atom stereocenters. The van der Waals surface area contributed by atoms with Crippen molar-refractivity contribution in [1.29, 1.82) is 0 Å². The van der Waals surface area contributed by atoms with Gasteiger partial charge in [-0.3, -0.25) is 9.48 Å². The molecule has 1 aromatic carbocycles. The number of halogens is 3. The fraction of sp³-hybridized carbons (Fsp3) is 0.645. The first-order valence-electron chi connectivity index (χ1n) is 15.5. The van der Waals surface area contributed by atoms with Crippen molar-refractivity contribution in [1.82, 2.24) is 29.6 Å². The topological polar surface area (TPSA) is 137 Å². The van der Waals surface area contributed by atoms with Gasteiger partial charge in [0.1, 0.15) is 6.29 Å². The second kappa shape index (κ2) is 16.3. The first-order chi connectivity index (χ1) is 21.5. The summed E-state index contributed by atoms with van der Waals surface area (Å²) >= 11 is 0. The maximum atomic E-state index is 13.6. The van der Waals surface area contributed by atoms with Gasteiger partial charge in [0.15, 0.2) is 0 Å². The summed E-state index contributed by atoms with van der Waals surface area (Å²) in [6, 6.07) is 3.97. The summed E-state index contributed by atoms with van der Waals surface area (Å²) in [5.41, 5.74) is 1.60. The van der Waals surface area contributed by atoms with Crippen LogP contribution in [-0.4, -0.2) is 96.3 Å². The van der Waals surface area contributed by atoms with Gasteiger partial charge in [0.25, 0.3) is 0 Å². The Morgan fingerprint density at radius 1 is 1.17 bits per heavy atom. The standard InChI is InChI=1S/C26H37F3N6O4S.C5H10O/c1-17(36)31-20-6-9-33(10-7-20)14-21(37)15-35-24-8-11-34(40(3,38)39)16-22(24)25(32-35)18-4-5-23(26(27,28)29)19(12-18)13-30-2;1-5(2)3-4-6/h4-5,12,20-21,30,37H,6-11,13-16H2,1-3H3,(H,31,36);4-5H,3H2,1-2H3.